The van der Waals surface area contributed by atoms with Crippen molar-refractivity contribution in [1.82, 2.24) is 5.32 Å². The van der Waals surface area contributed by atoms with E-state index < -0.39 is 27.0 Å². The van der Waals surface area contributed by atoms with Crippen molar-refractivity contribution in [2.75, 3.05) is 12.4 Å². The summed E-state index contributed by atoms with van der Waals surface area (Å²) in [6.07, 6.45) is -0.617. The summed E-state index contributed by atoms with van der Waals surface area (Å²) in [6, 6.07) is 4.48. The molecule has 24 heavy (non-hydrogen) atoms. The highest BCUT2D eigenvalue weighted by atomic mass is 32.2. The molecule has 0 aliphatic rings. The minimum Gasteiger partial charge on any atom is -0.496 e. The van der Waals surface area contributed by atoms with E-state index in [0.717, 1.165) is 0 Å². The van der Waals surface area contributed by atoms with Gasteiger partial charge in [-0.05, 0) is 39.0 Å². The first-order chi connectivity index (χ1) is 10.9. The molecule has 1 amide bonds. The van der Waals surface area contributed by atoms with Crippen molar-refractivity contribution >= 4 is 27.1 Å². The Morgan fingerprint density at radius 3 is 2.46 bits per heavy atom. The highest BCUT2D eigenvalue weighted by Gasteiger charge is 2.17. The molecule has 0 radical (unpaired) electrons. The Balaban J connectivity index is 2.87. The fourth-order valence-corrected chi connectivity index (χ4v) is 1.92. The number of amides is 1. The van der Waals surface area contributed by atoms with Crippen LogP contribution in [0, 0.1) is 5.41 Å². The van der Waals surface area contributed by atoms with Crippen molar-refractivity contribution in [2.24, 2.45) is 0 Å². The number of carbonyl (C=O) groups is 1. The third-order valence-electron chi connectivity index (χ3n) is 2.62. The summed E-state index contributed by atoms with van der Waals surface area (Å²) in [5.74, 6) is 0.454. The van der Waals surface area contributed by atoms with Gasteiger partial charge in [0, 0.05) is 17.8 Å². The maximum Gasteiger partial charge on any atom is 0.407 e. The predicted octanol–water partition coefficient (Wildman–Crippen LogP) is 1.95. The third kappa shape index (κ3) is 6.42. The highest BCUT2D eigenvalue weighted by molar-refractivity contribution is 8.01. The lowest BCUT2D eigenvalue weighted by atomic mass is 10.1. The van der Waals surface area contributed by atoms with Gasteiger partial charge in [0.1, 0.15) is 11.4 Å². The molecule has 0 unspecified atom stereocenters. The average molecular weight is 359 g/mol. The summed E-state index contributed by atoms with van der Waals surface area (Å²) in [4.78, 5) is 11.7. The van der Waals surface area contributed by atoms with Crippen molar-refractivity contribution < 1.29 is 27.2 Å². The zero-order valence-electron chi connectivity index (χ0n) is 13.8. The average Bonchev–Trinajstić information content (AvgIpc) is 2.42. The Bertz CT molecular complexity index is 725. The molecule has 0 aromatic heterocycles. The van der Waals surface area contributed by atoms with Gasteiger partial charge in [0.05, 0.1) is 7.11 Å². The van der Waals surface area contributed by atoms with Crippen LogP contribution in [0.5, 0.6) is 5.75 Å². The lowest BCUT2D eigenvalue weighted by molar-refractivity contribution is 0.0523. The van der Waals surface area contributed by atoms with Crippen molar-refractivity contribution in [3.8, 4) is 5.75 Å². The Hall–Kier alpha value is -2.33. The molecule has 0 saturated carbocycles. The molecule has 10 heteroatoms. The molecule has 0 heterocycles. The van der Waals surface area contributed by atoms with Gasteiger partial charge in [-0.15, -0.1) is 0 Å². The zero-order chi connectivity index (χ0) is 18.5. The number of amidine groups is 1. The molecule has 0 aliphatic heterocycles. The molecular formula is C14H21N3O6S. The number of nitrogens with one attached hydrogen (secondary N) is 3. The van der Waals surface area contributed by atoms with Crippen LogP contribution < -0.4 is 15.4 Å². The molecule has 1 rings (SSSR count). The Kier molecular flexibility index (Phi) is 6.16. The van der Waals surface area contributed by atoms with E-state index in [1.807, 2.05) is 0 Å². The quantitative estimate of drug-likeness (QED) is 0.366. The van der Waals surface area contributed by atoms with Gasteiger partial charge in [-0.2, -0.15) is 8.42 Å². The number of alkyl carbamates (subject to hydrolysis) is 1. The molecule has 0 aliphatic carbocycles. The number of hydrogen-bond donors (Lipinski definition) is 4. The highest BCUT2D eigenvalue weighted by Crippen LogP contribution is 2.23. The molecule has 0 atom stereocenters. The van der Waals surface area contributed by atoms with Crippen LogP contribution in [-0.4, -0.2) is 36.9 Å². The van der Waals surface area contributed by atoms with Gasteiger partial charge in [-0.1, -0.05) is 0 Å². The molecule has 0 spiro atoms. The van der Waals surface area contributed by atoms with Gasteiger partial charge in [0.25, 0.3) is 0 Å². The van der Waals surface area contributed by atoms with E-state index in [1.54, 1.807) is 20.8 Å². The number of benzene rings is 1. The molecule has 4 N–H and O–H groups in total. The lowest BCUT2D eigenvalue weighted by Gasteiger charge is -2.20. The van der Waals surface area contributed by atoms with Crippen molar-refractivity contribution in [1.29, 1.82) is 5.41 Å². The zero-order valence-corrected chi connectivity index (χ0v) is 14.7. The van der Waals surface area contributed by atoms with Crippen LogP contribution in [0.25, 0.3) is 0 Å². The van der Waals surface area contributed by atoms with Crippen LogP contribution in [0.2, 0.25) is 0 Å². The summed E-state index contributed by atoms with van der Waals surface area (Å²) in [7, 11) is -3.18. The molecule has 0 fully saturated rings. The first kappa shape index (κ1) is 19.7. The lowest BCUT2D eigenvalue weighted by Crippen LogP contribution is -2.32. The van der Waals surface area contributed by atoms with Gasteiger partial charge in [0.2, 0.25) is 5.17 Å². The number of ether oxygens (including phenoxy) is 2. The van der Waals surface area contributed by atoms with Crippen LogP contribution in [0.3, 0.4) is 0 Å². The van der Waals surface area contributed by atoms with Crippen molar-refractivity contribution in [3.63, 3.8) is 0 Å². The van der Waals surface area contributed by atoms with Gasteiger partial charge < -0.3 is 20.1 Å². The third-order valence-corrected chi connectivity index (χ3v) is 3.24. The number of carbonyl (C=O) groups excluding carboxylic acids is 1. The summed E-state index contributed by atoms with van der Waals surface area (Å²) >= 11 is 0. The van der Waals surface area contributed by atoms with Gasteiger partial charge in [0.15, 0.2) is 0 Å². The van der Waals surface area contributed by atoms with E-state index >= 15 is 0 Å². The first-order valence-corrected chi connectivity index (χ1v) is 8.33. The maximum atomic E-state index is 11.7. The van der Waals surface area contributed by atoms with Crippen molar-refractivity contribution in [3.05, 3.63) is 23.8 Å². The maximum absolute atomic E-state index is 11.7. The van der Waals surface area contributed by atoms with Crippen LogP contribution in [0.15, 0.2) is 18.2 Å². The summed E-state index contributed by atoms with van der Waals surface area (Å²) in [5, 5.41) is 11.0. The second-order valence-electron chi connectivity index (χ2n) is 5.81. The number of methoxy groups -OCH3 is 1. The summed E-state index contributed by atoms with van der Waals surface area (Å²) < 4.78 is 40.8. The molecule has 0 bridgehead atoms. The van der Waals surface area contributed by atoms with E-state index in [2.05, 4.69) is 10.6 Å². The smallest absolute Gasteiger partial charge is 0.407 e. The minimum atomic E-state index is -4.62. The summed E-state index contributed by atoms with van der Waals surface area (Å²) in [5.41, 5.74) is 0.123. The van der Waals surface area contributed by atoms with Gasteiger partial charge in [-0.25, -0.2) is 4.79 Å². The second-order valence-corrected chi connectivity index (χ2v) is 7.17. The van der Waals surface area contributed by atoms with Crippen LogP contribution in [0.1, 0.15) is 26.3 Å². The number of hydrogen-bond acceptors (Lipinski definition) is 6. The summed E-state index contributed by atoms with van der Waals surface area (Å²) in [6.45, 7) is 5.27. The van der Waals surface area contributed by atoms with E-state index in [-0.39, 0.29) is 12.2 Å². The number of anilines is 1. The van der Waals surface area contributed by atoms with E-state index in [0.29, 0.717) is 11.3 Å². The fourth-order valence-electron chi connectivity index (χ4n) is 1.67. The van der Waals surface area contributed by atoms with Crippen LogP contribution >= 0.6 is 0 Å². The minimum absolute atomic E-state index is 0.0623. The van der Waals surface area contributed by atoms with Gasteiger partial charge in [-0.3, -0.25) is 9.96 Å². The Morgan fingerprint density at radius 1 is 1.33 bits per heavy atom. The standard InChI is InChI=1S/C14H21N3O6S/c1-14(2,3)23-13(18)16-8-9-7-10(5-6-11(9)22-4)17-12(15)24(19,20)21/h5-7H,8H2,1-4H3,(H2,15,17)(H,16,18)(H,19,20,21). The predicted molar refractivity (Wildman–Crippen MR) is 89.0 cm³/mol. The van der Waals surface area contributed by atoms with E-state index in [4.69, 9.17) is 19.4 Å². The molecule has 0 saturated heterocycles. The SMILES string of the molecule is COc1ccc(NC(=N)S(=O)(=O)O)cc1CNC(=O)OC(C)(C)C. The second kappa shape index (κ2) is 7.49. The molecule has 1 aromatic rings. The normalized spacial score (nSPS) is 11.5. The fraction of sp³-hybridized carbons (Fsp3) is 0.429. The molecule has 1 aromatic carbocycles. The van der Waals surface area contributed by atoms with E-state index in [1.165, 1.54) is 25.3 Å². The van der Waals surface area contributed by atoms with Crippen LogP contribution in [0.4, 0.5) is 10.5 Å². The van der Waals surface area contributed by atoms with Crippen LogP contribution in [-0.2, 0) is 21.4 Å². The largest absolute Gasteiger partial charge is 0.496 e. The Labute approximate surface area is 140 Å². The first-order valence-electron chi connectivity index (χ1n) is 6.89. The van der Waals surface area contributed by atoms with Gasteiger partial charge >= 0.3 is 16.2 Å². The number of rotatable bonds is 4. The molecule has 9 nitrogen and oxygen atoms in total. The topological polar surface area (TPSA) is 138 Å². The van der Waals surface area contributed by atoms with E-state index in [9.17, 15) is 13.2 Å². The molecular weight excluding hydrogens is 338 g/mol. The monoisotopic (exact) mass is 359 g/mol. The molecule has 134 valence electrons. The van der Waals surface area contributed by atoms with Crippen molar-refractivity contribution in [2.45, 2.75) is 32.9 Å². The Morgan fingerprint density at radius 2 is 1.96 bits per heavy atom.